The van der Waals surface area contributed by atoms with E-state index in [0.717, 1.165) is 49.9 Å². The lowest BCUT2D eigenvalue weighted by Gasteiger charge is -2.42. The normalized spacial score (nSPS) is 21.5. The van der Waals surface area contributed by atoms with Crippen LogP contribution in [0.15, 0.2) is 36.4 Å². The van der Waals surface area contributed by atoms with Crippen molar-refractivity contribution < 1.29 is 24.1 Å². The average molecular weight is 441 g/mol. The minimum atomic E-state index is -0.636. The fraction of sp³-hybridized carbons (Fsp3) is 0.480. The third-order valence-electron chi connectivity index (χ3n) is 6.71. The number of amides is 1. The topological polar surface area (TPSA) is 80.3 Å². The van der Waals surface area contributed by atoms with E-state index in [2.05, 4.69) is 10.2 Å². The summed E-state index contributed by atoms with van der Waals surface area (Å²) in [6.07, 6.45) is 2.73. The van der Waals surface area contributed by atoms with Crippen LogP contribution in [0.25, 0.3) is 0 Å². The van der Waals surface area contributed by atoms with Crippen LogP contribution in [0.5, 0.6) is 17.2 Å². The van der Waals surface area contributed by atoms with Gasteiger partial charge in [-0.05, 0) is 49.4 Å². The number of rotatable bonds is 6. The summed E-state index contributed by atoms with van der Waals surface area (Å²) < 4.78 is 16.6. The highest BCUT2D eigenvalue weighted by molar-refractivity contribution is 5.94. The molecule has 32 heavy (non-hydrogen) atoms. The molecule has 7 nitrogen and oxygen atoms in total. The van der Waals surface area contributed by atoms with Gasteiger partial charge in [-0.1, -0.05) is 18.2 Å². The van der Waals surface area contributed by atoms with E-state index in [1.807, 2.05) is 36.4 Å². The van der Waals surface area contributed by atoms with Crippen LogP contribution in [0.1, 0.15) is 46.9 Å². The zero-order valence-corrected chi connectivity index (χ0v) is 19.0. The first-order valence-electron chi connectivity index (χ1n) is 11.2. The number of carbonyl (C=O) groups is 1. The summed E-state index contributed by atoms with van der Waals surface area (Å²) >= 11 is 0. The van der Waals surface area contributed by atoms with Crippen molar-refractivity contribution in [1.29, 1.82) is 0 Å². The number of ether oxygens (including phenoxy) is 3. The van der Waals surface area contributed by atoms with Gasteiger partial charge in [-0.15, -0.1) is 0 Å². The van der Waals surface area contributed by atoms with Gasteiger partial charge < -0.3 is 24.6 Å². The minimum Gasteiger partial charge on any atom is -0.493 e. The van der Waals surface area contributed by atoms with Crippen molar-refractivity contribution in [2.45, 2.75) is 43.9 Å². The van der Waals surface area contributed by atoms with E-state index in [-0.39, 0.29) is 18.0 Å². The van der Waals surface area contributed by atoms with Crippen LogP contribution in [0, 0.1) is 0 Å². The van der Waals surface area contributed by atoms with E-state index in [1.54, 1.807) is 21.3 Å². The van der Waals surface area contributed by atoms with Gasteiger partial charge in [0.25, 0.3) is 5.91 Å². The molecule has 0 saturated carbocycles. The molecular weight excluding hydrogens is 408 g/mol. The largest absolute Gasteiger partial charge is 0.493 e. The van der Waals surface area contributed by atoms with Gasteiger partial charge in [-0.3, -0.25) is 9.69 Å². The number of nitrogens with one attached hydrogen (secondary N) is 1. The summed E-state index contributed by atoms with van der Waals surface area (Å²) in [6.45, 7) is 1.67. The molecule has 0 unspecified atom stereocenters. The first-order valence-corrected chi connectivity index (χ1v) is 11.2. The van der Waals surface area contributed by atoms with Gasteiger partial charge in [0.2, 0.25) is 5.75 Å². The number of nitrogens with zero attached hydrogens (tertiary/aromatic N) is 1. The average Bonchev–Trinajstić information content (AvgIpc) is 2.84. The summed E-state index contributed by atoms with van der Waals surface area (Å²) in [7, 11) is 4.80. The molecule has 2 aliphatic rings. The highest BCUT2D eigenvalue weighted by atomic mass is 16.5. The molecule has 0 radical (unpaired) electrons. The molecule has 1 saturated heterocycles. The van der Waals surface area contributed by atoms with Gasteiger partial charge in [0.15, 0.2) is 11.5 Å². The Morgan fingerprint density at radius 3 is 2.31 bits per heavy atom. The molecule has 1 aliphatic heterocycles. The molecule has 7 heteroatoms. The van der Waals surface area contributed by atoms with E-state index in [9.17, 15) is 9.90 Å². The van der Waals surface area contributed by atoms with E-state index in [1.165, 1.54) is 0 Å². The van der Waals surface area contributed by atoms with E-state index >= 15 is 0 Å². The van der Waals surface area contributed by atoms with E-state index < -0.39 is 6.10 Å². The van der Waals surface area contributed by atoms with Crippen LogP contribution in [0.4, 0.5) is 0 Å². The summed E-state index contributed by atoms with van der Waals surface area (Å²) in [5.74, 6) is 1.74. The number of piperidine rings is 1. The van der Waals surface area contributed by atoms with Gasteiger partial charge >= 0.3 is 0 Å². The van der Waals surface area contributed by atoms with Crippen LogP contribution in [0.3, 0.4) is 0 Å². The van der Waals surface area contributed by atoms with Crippen molar-refractivity contribution in [3.63, 3.8) is 0 Å². The zero-order valence-electron chi connectivity index (χ0n) is 19.0. The van der Waals surface area contributed by atoms with Crippen molar-refractivity contribution in [2.75, 3.05) is 34.4 Å². The van der Waals surface area contributed by atoms with Gasteiger partial charge in [0.1, 0.15) is 0 Å². The summed E-state index contributed by atoms with van der Waals surface area (Å²) in [6, 6.07) is 11.4. The Hall–Kier alpha value is -2.77. The number of hydrogen-bond acceptors (Lipinski definition) is 6. The van der Waals surface area contributed by atoms with Crippen molar-refractivity contribution in [2.24, 2.45) is 0 Å². The first-order chi connectivity index (χ1) is 15.6. The number of aliphatic hydroxyl groups is 1. The van der Waals surface area contributed by atoms with Gasteiger partial charge in [0.05, 0.1) is 27.4 Å². The predicted molar refractivity (Wildman–Crippen MR) is 122 cm³/mol. The molecule has 1 amide bonds. The number of carbonyl (C=O) groups excluding carboxylic acids is 1. The van der Waals surface area contributed by atoms with Crippen LogP contribution in [-0.4, -0.2) is 62.4 Å². The predicted octanol–water partition coefficient (Wildman–Crippen LogP) is 2.96. The summed E-state index contributed by atoms with van der Waals surface area (Å²) in [4.78, 5) is 14.8. The number of methoxy groups -OCH3 is 3. The SMILES string of the molecule is COc1cc2c(c(OC)c1OC)CC[C@@H](N1CCC(NC(=O)c3ccccc3)CC1)[C@@H]2O. The number of aliphatic hydroxyl groups excluding tert-OH is 1. The smallest absolute Gasteiger partial charge is 0.251 e. The molecular formula is C25H32N2O5. The summed E-state index contributed by atoms with van der Waals surface area (Å²) in [5, 5.41) is 14.4. The maximum Gasteiger partial charge on any atom is 0.251 e. The number of hydrogen-bond donors (Lipinski definition) is 2. The Labute approximate surface area is 189 Å². The Morgan fingerprint density at radius 2 is 1.69 bits per heavy atom. The molecule has 2 aromatic rings. The number of likely N-dealkylation sites (tertiary alicyclic amines) is 1. The molecule has 1 heterocycles. The number of benzene rings is 2. The Morgan fingerprint density at radius 1 is 1.00 bits per heavy atom. The van der Waals surface area contributed by atoms with Gasteiger partial charge in [-0.25, -0.2) is 0 Å². The second-order valence-electron chi connectivity index (χ2n) is 8.41. The number of fused-ring (bicyclic) bond motifs is 1. The van der Waals surface area contributed by atoms with Crippen LogP contribution in [0.2, 0.25) is 0 Å². The third kappa shape index (κ3) is 4.27. The molecule has 2 N–H and O–H groups in total. The minimum absolute atomic E-state index is 0.0242. The second-order valence-corrected chi connectivity index (χ2v) is 8.41. The standard InChI is InChI=1S/C25H32N2O5/c1-30-21-15-19-18(23(31-2)24(21)32-3)9-10-20(22(19)28)27-13-11-17(12-14-27)26-25(29)16-7-5-4-6-8-16/h4-8,15,17,20,22,28H,9-14H2,1-3H3,(H,26,29)/t20-,22-/m1/s1. The van der Waals surface area contributed by atoms with Gasteiger partial charge in [0, 0.05) is 36.3 Å². The van der Waals surface area contributed by atoms with Crippen LogP contribution >= 0.6 is 0 Å². The molecule has 0 spiro atoms. The van der Waals surface area contributed by atoms with E-state index in [4.69, 9.17) is 14.2 Å². The molecule has 172 valence electrons. The second kappa shape index (κ2) is 9.79. The zero-order chi connectivity index (χ0) is 22.7. The molecule has 0 aromatic heterocycles. The van der Waals surface area contributed by atoms with Crippen LogP contribution in [-0.2, 0) is 6.42 Å². The third-order valence-corrected chi connectivity index (χ3v) is 6.71. The Kier molecular flexibility index (Phi) is 6.86. The van der Waals surface area contributed by atoms with Crippen molar-refractivity contribution in [3.05, 3.63) is 53.1 Å². The summed E-state index contributed by atoms with van der Waals surface area (Å²) in [5.41, 5.74) is 2.52. The molecule has 0 bridgehead atoms. The molecule has 2 atom stereocenters. The van der Waals surface area contributed by atoms with Gasteiger partial charge in [-0.2, -0.15) is 0 Å². The maximum atomic E-state index is 12.5. The molecule has 4 rings (SSSR count). The lowest BCUT2D eigenvalue weighted by atomic mass is 9.83. The molecule has 1 aliphatic carbocycles. The Bertz CT molecular complexity index is 941. The lowest BCUT2D eigenvalue weighted by Crippen LogP contribution is -2.50. The van der Waals surface area contributed by atoms with Crippen molar-refractivity contribution in [1.82, 2.24) is 10.2 Å². The maximum absolute atomic E-state index is 12.5. The highest BCUT2D eigenvalue weighted by Gasteiger charge is 2.37. The van der Waals surface area contributed by atoms with E-state index in [0.29, 0.717) is 22.8 Å². The highest BCUT2D eigenvalue weighted by Crippen LogP contribution is 2.47. The lowest BCUT2D eigenvalue weighted by molar-refractivity contribution is 0.0205. The fourth-order valence-corrected chi connectivity index (χ4v) is 5.03. The van der Waals surface area contributed by atoms with Crippen LogP contribution < -0.4 is 19.5 Å². The first kappa shape index (κ1) is 22.4. The monoisotopic (exact) mass is 440 g/mol. The van der Waals surface area contributed by atoms with Crippen molar-refractivity contribution >= 4 is 5.91 Å². The molecule has 2 aromatic carbocycles. The molecule has 1 fully saturated rings. The fourth-order valence-electron chi connectivity index (χ4n) is 5.03. The Balaban J connectivity index is 1.43. The van der Waals surface area contributed by atoms with Crippen molar-refractivity contribution in [3.8, 4) is 17.2 Å². The quantitative estimate of drug-likeness (QED) is 0.719.